The van der Waals surface area contributed by atoms with Crippen molar-refractivity contribution in [2.24, 2.45) is 0 Å². The summed E-state index contributed by atoms with van der Waals surface area (Å²) in [7, 11) is 0. The van der Waals surface area contributed by atoms with Crippen molar-refractivity contribution in [3.8, 4) is 11.5 Å². The molecule has 24 heavy (non-hydrogen) atoms. The Morgan fingerprint density at radius 1 is 0.875 bits per heavy atom. The molecule has 0 atom stereocenters. The summed E-state index contributed by atoms with van der Waals surface area (Å²) >= 11 is 3.32. The van der Waals surface area contributed by atoms with Gasteiger partial charge in [-0.25, -0.2) is 0 Å². The zero-order valence-corrected chi connectivity index (χ0v) is 14.3. The molecule has 0 unspecified atom stereocenters. The summed E-state index contributed by atoms with van der Waals surface area (Å²) in [6, 6.07) is 12.1. The van der Waals surface area contributed by atoms with Gasteiger partial charge in [-0.1, -0.05) is 15.9 Å². The summed E-state index contributed by atoms with van der Waals surface area (Å²) in [6.45, 7) is 0.837. The number of hydrogen-bond donors (Lipinski definition) is 2. The topological polar surface area (TPSA) is 76.7 Å². The molecule has 124 valence electrons. The van der Waals surface area contributed by atoms with Gasteiger partial charge < -0.3 is 20.1 Å². The number of amides is 2. The highest BCUT2D eigenvalue weighted by atomic mass is 79.9. The van der Waals surface area contributed by atoms with Gasteiger partial charge in [-0.05, 0) is 42.5 Å². The highest BCUT2D eigenvalue weighted by Crippen LogP contribution is 2.32. The van der Waals surface area contributed by atoms with Crippen molar-refractivity contribution in [3.05, 3.63) is 58.1 Å². The van der Waals surface area contributed by atoms with Crippen LogP contribution in [-0.2, 0) is 0 Å². The number of benzene rings is 2. The number of halogens is 1. The second-order valence-electron chi connectivity index (χ2n) is 5.09. The van der Waals surface area contributed by atoms with Gasteiger partial charge in [0.05, 0.1) is 0 Å². The van der Waals surface area contributed by atoms with Gasteiger partial charge >= 0.3 is 0 Å². The number of nitrogens with one attached hydrogen (secondary N) is 2. The Morgan fingerprint density at radius 2 is 1.46 bits per heavy atom. The van der Waals surface area contributed by atoms with E-state index < -0.39 is 0 Å². The lowest BCUT2D eigenvalue weighted by molar-refractivity contribution is 0.0927. The fourth-order valence-corrected chi connectivity index (χ4v) is 2.46. The van der Waals surface area contributed by atoms with Crippen molar-refractivity contribution in [2.75, 3.05) is 19.9 Å². The molecule has 0 aromatic heterocycles. The van der Waals surface area contributed by atoms with Crippen LogP contribution in [0.1, 0.15) is 20.7 Å². The zero-order valence-electron chi connectivity index (χ0n) is 12.7. The van der Waals surface area contributed by atoms with Gasteiger partial charge in [0.15, 0.2) is 11.5 Å². The number of carbonyl (C=O) groups excluding carboxylic acids is 2. The molecule has 0 fully saturated rings. The van der Waals surface area contributed by atoms with Crippen LogP contribution in [-0.4, -0.2) is 31.7 Å². The van der Waals surface area contributed by atoms with Crippen LogP contribution in [0.25, 0.3) is 0 Å². The van der Waals surface area contributed by atoms with Crippen molar-refractivity contribution < 1.29 is 19.1 Å². The van der Waals surface area contributed by atoms with Crippen LogP contribution in [0.3, 0.4) is 0 Å². The molecule has 6 nitrogen and oxygen atoms in total. The Bertz CT molecular complexity index is 762. The quantitative estimate of drug-likeness (QED) is 0.768. The fourth-order valence-electron chi connectivity index (χ4n) is 2.20. The first-order valence-corrected chi connectivity index (χ1v) is 8.14. The van der Waals surface area contributed by atoms with Crippen LogP contribution >= 0.6 is 15.9 Å². The third kappa shape index (κ3) is 3.86. The lowest BCUT2D eigenvalue weighted by atomic mass is 10.2. The first-order chi connectivity index (χ1) is 11.6. The molecule has 3 rings (SSSR count). The molecule has 0 aliphatic carbocycles. The maximum atomic E-state index is 12.1. The molecule has 2 N–H and O–H groups in total. The van der Waals surface area contributed by atoms with E-state index in [9.17, 15) is 9.59 Å². The van der Waals surface area contributed by atoms with E-state index >= 15 is 0 Å². The lowest BCUT2D eigenvalue weighted by Crippen LogP contribution is -2.34. The lowest BCUT2D eigenvalue weighted by Gasteiger charge is -2.08. The second-order valence-corrected chi connectivity index (χ2v) is 6.00. The van der Waals surface area contributed by atoms with E-state index in [0.717, 1.165) is 4.47 Å². The number of ether oxygens (including phenoxy) is 2. The molecule has 0 bridgehead atoms. The van der Waals surface area contributed by atoms with Crippen molar-refractivity contribution in [2.45, 2.75) is 0 Å². The first-order valence-electron chi connectivity index (χ1n) is 7.35. The summed E-state index contributed by atoms with van der Waals surface area (Å²) < 4.78 is 11.4. The van der Waals surface area contributed by atoms with E-state index in [2.05, 4.69) is 26.6 Å². The van der Waals surface area contributed by atoms with Gasteiger partial charge in [0.25, 0.3) is 11.8 Å². The number of carbonyl (C=O) groups is 2. The maximum absolute atomic E-state index is 12.1. The summed E-state index contributed by atoms with van der Waals surface area (Å²) in [5.41, 5.74) is 1.05. The van der Waals surface area contributed by atoms with Gasteiger partial charge in [-0.3, -0.25) is 9.59 Å². The number of hydrogen-bond acceptors (Lipinski definition) is 4. The Kier molecular flexibility index (Phi) is 5.00. The minimum atomic E-state index is -0.230. The molecule has 1 aliphatic rings. The first kappa shape index (κ1) is 16.3. The fraction of sp³-hybridized carbons (Fsp3) is 0.176. The van der Waals surface area contributed by atoms with Crippen LogP contribution in [0.5, 0.6) is 11.5 Å². The van der Waals surface area contributed by atoms with E-state index in [1.165, 1.54) is 0 Å². The molecule has 2 amide bonds. The third-order valence-electron chi connectivity index (χ3n) is 3.44. The van der Waals surface area contributed by atoms with Gasteiger partial charge in [-0.2, -0.15) is 0 Å². The monoisotopic (exact) mass is 390 g/mol. The zero-order chi connectivity index (χ0) is 16.9. The van der Waals surface area contributed by atoms with E-state index in [1.54, 1.807) is 42.5 Å². The molecular formula is C17H15BrN2O4. The molecule has 7 heteroatoms. The van der Waals surface area contributed by atoms with Crippen LogP contribution < -0.4 is 20.1 Å². The smallest absolute Gasteiger partial charge is 0.251 e. The predicted molar refractivity (Wildman–Crippen MR) is 91.4 cm³/mol. The minimum absolute atomic E-state index is 0.169. The molecule has 0 saturated carbocycles. The van der Waals surface area contributed by atoms with Crippen molar-refractivity contribution >= 4 is 27.7 Å². The Balaban J connectivity index is 1.45. The van der Waals surface area contributed by atoms with Crippen LogP contribution in [0.4, 0.5) is 0 Å². The van der Waals surface area contributed by atoms with Gasteiger partial charge in [0.2, 0.25) is 6.79 Å². The highest BCUT2D eigenvalue weighted by Gasteiger charge is 2.16. The Morgan fingerprint density at radius 3 is 2.17 bits per heavy atom. The van der Waals surface area contributed by atoms with Gasteiger partial charge in [0, 0.05) is 28.7 Å². The van der Waals surface area contributed by atoms with Gasteiger partial charge in [0.1, 0.15) is 0 Å². The van der Waals surface area contributed by atoms with E-state index in [1.807, 2.05) is 0 Å². The van der Waals surface area contributed by atoms with E-state index in [0.29, 0.717) is 35.7 Å². The molecule has 0 radical (unpaired) electrons. The summed E-state index contributed by atoms with van der Waals surface area (Å²) in [5.74, 6) is 0.783. The maximum Gasteiger partial charge on any atom is 0.251 e. The summed E-state index contributed by atoms with van der Waals surface area (Å²) in [4.78, 5) is 24.0. The predicted octanol–water partition coefficient (Wildman–Crippen LogP) is 2.34. The summed E-state index contributed by atoms with van der Waals surface area (Å²) in [6.07, 6.45) is 0. The van der Waals surface area contributed by atoms with E-state index in [4.69, 9.17) is 9.47 Å². The molecule has 1 heterocycles. The van der Waals surface area contributed by atoms with Crippen molar-refractivity contribution in [3.63, 3.8) is 0 Å². The van der Waals surface area contributed by atoms with Crippen LogP contribution in [0, 0.1) is 0 Å². The second kappa shape index (κ2) is 7.35. The SMILES string of the molecule is O=C(NCCNC(=O)c1ccc2c(c1)OCO2)c1ccc(Br)cc1. The Hall–Kier alpha value is -2.54. The molecule has 2 aromatic carbocycles. The largest absolute Gasteiger partial charge is 0.454 e. The van der Waals surface area contributed by atoms with Gasteiger partial charge in [-0.15, -0.1) is 0 Å². The molecule has 1 aliphatic heterocycles. The van der Waals surface area contributed by atoms with Crippen molar-refractivity contribution in [1.29, 1.82) is 0 Å². The third-order valence-corrected chi connectivity index (χ3v) is 3.97. The standard InChI is InChI=1S/C17H15BrN2O4/c18-13-4-1-11(2-5-13)16(21)19-7-8-20-17(22)12-3-6-14-15(9-12)24-10-23-14/h1-6,9H,7-8,10H2,(H,19,21)(H,20,22). The van der Waals surface area contributed by atoms with Crippen molar-refractivity contribution in [1.82, 2.24) is 10.6 Å². The Labute approximate surface area is 147 Å². The highest BCUT2D eigenvalue weighted by molar-refractivity contribution is 9.10. The molecule has 0 saturated heterocycles. The van der Waals surface area contributed by atoms with E-state index in [-0.39, 0.29) is 18.6 Å². The number of fused-ring (bicyclic) bond motifs is 1. The van der Waals surface area contributed by atoms with Crippen LogP contribution in [0.15, 0.2) is 46.9 Å². The average molecular weight is 391 g/mol. The minimum Gasteiger partial charge on any atom is -0.454 e. The molecule has 0 spiro atoms. The van der Waals surface area contributed by atoms with Crippen LogP contribution in [0.2, 0.25) is 0 Å². The number of rotatable bonds is 5. The molecule has 2 aromatic rings. The average Bonchev–Trinajstić information content (AvgIpc) is 3.06. The summed E-state index contributed by atoms with van der Waals surface area (Å²) in [5, 5.41) is 5.50. The molecular weight excluding hydrogens is 376 g/mol. The normalized spacial score (nSPS) is 11.9.